The highest BCUT2D eigenvalue weighted by Gasteiger charge is 2.52. The number of piperazine rings is 1. The third-order valence-corrected chi connectivity index (χ3v) is 6.83. The number of ether oxygens (including phenoxy) is 1. The molecule has 182 valence electrons. The van der Waals surface area contributed by atoms with Crippen LogP contribution in [-0.4, -0.2) is 96.7 Å². The molecule has 0 bridgehead atoms. The largest absolute Gasteiger partial charge is 0.411 e. The number of nitrogens with one attached hydrogen (secondary N) is 1. The van der Waals surface area contributed by atoms with Crippen molar-refractivity contribution in [3.8, 4) is 0 Å². The van der Waals surface area contributed by atoms with E-state index in [-0.39, 0.29) is 25.0 Å². The van der Waals surface area contributed by atoms with Gasteiger partial charge in [0.15, 0.2) is 0 Å². The summed E-state index contributed by atoms with van der Waals surface area (Å²) >= 11 is 0. The summed E-state index contributed by atoms with van der Waals surface area (Å²) in [5.41, 5.74) is -0.851. The van der Waals surface area contributed by atoms with Gasteiger partial charge in [-0.15, -0.1) is 0 Å². The fourth-order valence-corrected chi connectivity index (χ4v) is 4.77. The number of hydrogen-bond acceptors (Lipinski definition) is 5. The predicted octanol–water partition coefficient (Wildman–Crippen LogP) is 1.99. The number of amides is 4. The number of urea groups is 1. The monoisotopic (exact) mass is 462 g/mol. The molecule has 0 aromatic heterocycles. The quantitative estimate of drug-likeness (QED) is 0.441. The van der Waals surface area contributed by atoms with Gasteiger partial charge in [0, 0.05) is 39.3 Å². The van der Waals surface area contributed by atoms with E-state index in [1.165, 1.54) is 0 Å². The molecule has 0 atom stereocenters. The van der Waals surface area contributed by atoms with Gasteiger partial charge < -0.3 is 15.0 Å². The van der Waals surface area contributed by atoms with E-state index < -0.39 is 24.4 Å². The maximum atomic E-state index is 13.0. The van der Waals surface area contributed by atoms with E-state index >= 15 is 0 Å². The van der Waals surface area contributed by atoms with Crippen LogP contribution in [0, 0.1) is 5.92 Å². The molecule has 1 spiro atoms. The average Bonchev–Trinajstić information content (AvgIpc) is 2.97. The van der Waals surface area contributed by atoms with E-state index in [0.29, 0.717) is 57.9 Å². The van der Waals surface area contributed by atoms with Gasteiger partial charge in [0.05, 0.1) is 0 Å². The zero-order valence-electron chi connectivity index (χ0n) is 18.6. The molecule has 2 saturated heterocycles. The van der Waals surface area contributed by atoms with Crippen molar-refractivity contribution < 1.29 is 32.3 Å². The number of imide groups is 1. The number of halogens is 3. The number of alkyl halides is 3. The minimum Gasteiger partial charge on any atom is -0.372 e. The zero-order chi connectivity index (χ0) is 23.4. The molecule has 0 aromatic carbocycles. The first-order chi connectivity index (χ1) is 15.1. The first-order valence-corrected chi connectivity index (χ1v) is 11.4. The Balaban J connectivity index is 1.39. The van der Waals surface area contributed by atoms with Crippen LogP contribution < -0.4 is 5.32 Å². The fraction of sp³-hybridized carbons (Fsp3) is 0.857. The van der Waals surface area contributed by atoms with Crippen LogP contribution in [0.3, 0.4) is 0 Å². The molecular weight excluding hydrogens is 429 g/mol. The maximum Gasteiger partial charge on any atom is 0.411 e. The molecule has 11 heteroatoms. The van der Waals surface area contributed by atoms with E-state index in [1.807, 2.05) is 0 Å². The number of rotatable bonds is 8. The lowest BCUT2D eigenvalue weighted by Gasteiger charge is -2.36. The lowest BCUT2D eigenvalue weighted by molar-refractivity contribution is -0.174. The maximum absolute atomic E-state index is 13.0. The summed E-state index contributed by atoms with van der Waals surface area (Å²) in [6.07, 6.45) is 0.258. The lowest BCUT2D eigenvalue weighted by Crippen LogP contribution is -2.53. The fourth-order valence-electron chi connectivity index (χ4n) is 4.77. The topological polar surface area (TPSA) is 82.2 Å². The van der Waals surface area contributed by atoms with Gasteiger partial charge in [-0.1, -0.05) is 13.3 Å². The molecule has 3 fully saturated rings. The summed E-state index contributed by atoms with van der Waals surface area (Å²) in [6, 6.07) is -0.490. The van der Waals surface area contributed by atoms with Crippen molar-refractivity contribution >= 4 is 17.8 Å². The van der Waals surface area contributed by atoms with Crippen molar-refractivity contribution in [2.75, 3.05) is 52.5 Å². The summed E-state index contributed by atoms with van der Waals surface area (Å²) in [5, 5.41) is 2.85. The molecule has 0 aromatic rings. The van der Waals surface area contributed by atoms with E-state index in [4.69, 9.17) is 0 Å². The molecule has 4 amide bonds. The van der Waals surface area contributed by atoms with Crippen LogP contribution in [0.25, 0.3) is 0 Å². The Bertz CT molecular complexity index is 687. The summed E-state index contributed by atoms with van der Waals surface area (Å²) in [5.74, 6) is 0.0253. The molecule has 2 heterocycles. The Kier molecular flexibility index (Phi) is 8.02. The van der Waals surface area contributed by atoms with Gasteiger partial charge >= 0.3 is 12.2 Å². The summed E-state index contributed by atoms with van der Waals surface area (Å²) in [7, 11) is 0. The highest BCUT2D eigenvalue weighted by atomic mass is 19.4. The minimum absolute atomic E-state index is 0.0333. The Morgan fingerprint density at radius 2 is 1.81 bits per heavy atom. The number of hydrogen-bond donors (Lipinski definition) is 1. The highest BCUT2D eigenvalue weighted by molar-refractivity contribution is 6.09. The molecule has 1 N–H and O–H groups in total. The van der Waals surface area contributed by atoms with Crippen molar-refractivity contribution in [2.45, 2.75) is 57.2 Å². The second-order valence-corrected chi connectivity index (χ2v) is 9.00. The average molecular weight is 463 g/mol. The molecule has 3 rings (SSSR count). The van der Waals surface area contributed by atoms with Crippen molar-refractivity contribution in [1.29, 1.82) is 0 Å². The smallest absolute Gasteiger partial charge is 0.372 e. The summed E-state index contributed by atoms with van der Waals surface area (Å²) in [4.78, 5) is 42.9. The van der Waals surface area contributed by atoms with E-state index in [1.54, 1.807) is 4.90 Å². The molecule has 2 aliphatic heterocycles. The van der Waals surface area contributed by atoms with Crippen LogP contribution in [0.15, 0.2) is 0 Å². The number of carbonyl (C=O) groups excluding carboxylic acids is 3. The second-order valence-electron chi connectivity index (χ2n) is 9.00. The van der Waals surface area contributed by atoms with Gasteiger partial charge in [0.2, 0.25) is 5.91 Å². The van der Waals surface area contributed by atoms with Crippen molar-refractivity contribution in [2.24, 2.45) is 5.92 Å². The molecular formula is C21H33F3N4O4. The molecule has 32 heavy (non-hydrogen) atoms. The van der Waals surface area contributed by atoms with E-state index in [2.05, 4.69) is 21.9 Å². The zero-order valence-corrected chi connectivity index (χ0v) is 18.6. The minimum atomic E-state index is -4.31. The van der Waals surface area contributed by atoms with Gasteiger partial charge in [-0.3, -0.25) is 19.4 Å². The lowest BCUT2D eigenvalue weighted by atomic mass is 9.75. The van der Waals surface area contributed by atoms with Gasteiger partial charge in [-0.2, -0.15) is 13.2 Å². The van der Waals surface area contributed by atoms with Gasteiger partial charge in [-0.25, -0.2) is 4.79 Å². The Morgan fingerprint density at radius 3 is 2.41 bits per heavy atom. The standard InChI is InChI=1S/C21H33F3N4O4/c1-2-16-4-6-20(7-5-16)18(30)28(19(31)25-20)14-17(29)27-11-9-26(10-12-27)8-3-13-32-15-21(22,23)24/h16H,2-15H2,1H3,(H,25,31). The number of carbonyl (C=O) groups is 3. The van der Waals surface area contributed by atoms with Crippen LogP contribution in [0.4, 0.5) is 18.0 Å². The van der Waals surface area contributed by atoms with Crippen molar-refractivity contribution in [3.63, 3.8) is 0 Å². The van der Waals surface area contributed by atoms with Gasteiger partial charge in [0.25, 0.3) is 5.91 Å². The predicted molar refractivity (Wildman–Crippen MR) is 110 cm³/mol. The molecule has 8 nitrogen and oxygen atoms in total. The van der Waals surface area contributed by atoms with Crippen LogP contribution in [0.5, 0.6) is 0 Å². The van der Waals surface area contributed by atoms with E-state index in [0.717, 1.165) is 24.2 Å². The van der Waals surface area contributed by atoms with Gasteiger partial charge in [-0.05, 0) is 38.0 Å². The summed E-state index contributed by atoms with van der Waals surface area (Å²) < 4.78 is 40.8. The molecule has 0 unspecified atom stereocenters. The third kappa shape index (κ3) is 6.12. The third-order valence-electron chi connectivity index (χ3n) is 6.83. The normalized spacial score (nSPS) is 27.3. The molecule has 0 radical (unpaired) electrons. The first kappa shape index (κ1) is 24.8. The van der Waals surface area contributed by atoms with Crippen LogP contribution >= 0.6 is 0 Å². The van der Waals surface area contributed by atoms with Crippen LogP contribution in [0.1, 0.15) is 45.4 Å². The Labute approximate surface area is 186 Å². The molecule has 3 aliphatic rings. The van der Waals surface area contributed by atoms with Crippen LogP contribution in [-0.2, 0) is 14.3 Å². The number of nitrogens with zero attached hydrogens (tertiary/aromatic N) is 3. The second kappa shape index (κ2) is 10.4. The Hall–Kier alpha value is -1.88. The first-order valence-electron chi connectivity index (χ1n) is 11.4. The highest BCUT2D eigenvalue weighted by Crippen LogP contribution is 2.37. The summed E-state index contributed by atoms with van der Waals surface area (Å²) in [6.45, 7) is 3.35. The SMILES string of the molecule is CCC1CCC2(CC1)NC(=O)N(CC(=O)N1CCN(CCCOCC(F)(F)F)CC1)C2=O. The Morgan fingerprint density at radius 1 is 1.16 bits per heavy atom. The molecule has 1 aliphatic carbocycles. The molecule has 1 saturated carbocycles. The van der Waals surface area contributed by atoms with Gasteiger partial charge in [0.1, 0.15) is 18.7 Å². The van der Waals surface area contributed by atoms with Crippen molar-refractivity contribution in [3.05, 3.63) is 0 Å². The van der Waals surface area contributed by atoms with Crippen LogP contribution in [0.2, 0.25) is 0 Å². The van der Waals surface area contributed by atoms with Crippen molar-refractivity contribution in [1.82, 2.24) is 20.0 Å². The van der Waals surface area contributed by atoms with E-state index in [9.17, 15) is 27.6 Å².